The van der Waals surface area contributed by atoms with Gasteiger partial charge in [0, 0.05) is 6.54 Å². The van der Waals surface area contributed by atoms with Gasteiger partial charge in [0.1, 0.15) is 6.10 Å². The van der Waals surface area contributed by atoms with Crippen LogP contribution in [0.2, 0.25) is 0 Å². The Kier molecular flexibility index (Phi) is 3.42. The average molecular weight is 267 g/mol. The van der Waals surface area contributed by atoms with Crippen LogP contribution in [0.4, 0.5) is 4.79 Å². The Balaban J connectivity index is 1.79. The summed E-state index contributed by atoms with van der Waals surface area (Å²) in [5.74, 6) is 0. The maximum atomic E-state index is 12.1. The van der Waals surface area contributed by atoms with Gasteiger partial charge in [-0.15, -0.1) is 0 Å². The topological polar surface area (TPSA) is 29.5 Å². The van der Waals surface area contributed by atoms with Gasteiger partial charge in [-0.1, -0.05) is 60.7 Å². The summed E-state index contributed by atoms with van der Waals surface area (Å²) in [6.45, 7) is 2.62. The molecule has 2 aromatic rings. The van der Waals surface area contributed by atoms with E-state index in [9.17, 15) is 4.79 Å². The first-order valence-corrected chi connectivity index (χ1v) is 6.82. The minimum Gasteiger partial charge on any atom is -0.439 e. The van der Waals surface area contributed by atoms with E-state index in [4.69, 9.17) is 4.74 Å². The van der Waals surface area contributed by atoms with Crippen molar-refractivity contribution >= 4 is 6.09 Å². The SMILES string of the molecule is C[C@@H]1[C@H](c2ccccc2)OC(=O)N1Cc1ccccc1. The largest absolute Gasteiger partial charge is 0.439 e. The normalized spacial score (nSPS) is 21.9. The van der Waals surface area contributed by atoms with Gasteiger partial charge in [-0.25, -0.2) is 4.79 Å². The predicted octanol–water partition coefficient (Wildman–Crippen LogP) is 3.77. The Morgan fingerprint density at radius 3 is 2.25 bits per heavy atom. The zero-order chi connectivity index (χ0) is 13.9. The first-order valence-electron chi connectivity index (χ1n) is 6.82. The van der Waals surface area contributed by atoms with Crippen molar-refractivity contribution in [3.8, 4) is 0 Å². The maximum Gasteiger partial charge on any atom is 0.411 e. The summed E-state index contributed by atoms with van der Waals surface area (Å²) in [4.78, 5) is 13.9. The van der Waals surface area contributed by atoms with Gasteiger partial charge in [0.05, 0.1) is 6.04 Å². The monoisotopic (exact) mass is 267 g/mol. The molecular formula is C17H17NO2. The lowest BCUT2D eigenvalue weighted by molar-refractivity contribution is 0.130. The van der Waals surface area contributed by atoms with Crippen molar-refractivity contribution in [3.05, 3.63) is 71.8 Å². The summed E-state index contributed by atoms with van der Waals surface area (Å²) in [7, 11) is 0. The second-order valence-corrected chi connectivity index (χ2v) is 5.07. The standard InChI is InChI=1S/C17H17NO2/c1-13-16(15-10-6-3-7-11-15)20-17(19)18(13)12-14-8-4-2-5-9-14/h2-11,13,16H,12H2,1H3/t13-,16-/m1/s1. The lowest BCUT2D eigenvalue weighted by Gasteiger charge is -2.21. The number of carbonyl (C=O) groups is 1. The highest BCUT2D eigenvalue weighted by Gasteiger charge is 2.39. The van der Waals surface area contributed by atoms with Crippen LogP contribution >= 0.6 is 0 Å². The average Bonchev–Trinajstić information content (AvgIpc) is 2.77. The van der Waals surface area contributed by atoms with E-state index in [2.05, 4.69) is 0 Å². The zero-order valence-corrected chi connectivity index (χ0v) is 11.4. The van der Waals surface area contributed by atoms with Crippen LogP contribution in [0.3, 0.4) is 0 Å². The van der Waals surface area contributed by atoms with E-state index in [1.807, 2.05) is 67.6 Å². The third-order valence-corrected chi connectivity index (χ3v) is 3.72. The number of hydrogen-bond acceptors (Lipinski definition) is 2. The maximum absolute atomic E-state index is 12.1. The number of rotatable bonds is 3. The lowest BCUT2D eigenvalue weighted by atomic mass is 10.0. The van der Waals surface area contributed by atoms with Crippen molar-refractivity contribution in [1.29, 1.82) is 0 Å². The van der Waals surface area contributed by atoms with Crippen LogP contribution < -0.4 is 0 Å². The number of benzene rings is 2. The number of hydrogen-bond donors (Lipinski definition) is 0. The van der Waals surface area contributed by atoms with Crippen LogP contribution in [0.5, 0.6) is 0 Å². The summed E-state index contributed by atoms with van der Waals surface area (Å²) in [6, 6.07) is 19.9. The van der Waals surface area contributed by atoms with E-state index in [0.717, 1.165) is 11.1 Å². The van der Waals surface area contributed by atoms with E-state index in [0.29, 0.717) is 6.54 Å². The van der Waals surface area contributed by atoms with Crippen molar-refractivity contribution in [2.75, 3.05) is 0 Å². The number of carbonyl (C=O) groups excluding carboxylic acids is 1. The number of ether oxygens (including phenoxy) is 1. The van der Waals surface area contributed by atoms with Crippen LogP contribution in [-0.2, 0) is 11.3 Å². The number of cyclic esters (lactones) is 1. The molecule has 0 spiro atoms. The van der Waals surface area contributed by atoms with E-state index < -0.39 is 0 Å². The fourth-order valence-electron chi connectivity index (χ4n) is 2.58. The van der Waals surface area contributed by atoms with Crippen molar-refractivity contribution in [2.24, 2.45) is 0 Å². The van der Waals surface area contributed by atoms with Crippen molar-refractivity contribution < 1.29 is 9.53 Å². The molecule has 1 fully saturated rings. The van der Waals surface area contributed by atoms with Crippen molar-refractivity contribution in [1.82, 2.24) is 4.90 Å². The van der Waals surface area contributed by atoms with Crippen molar-refractivity contribution in [3.63, 3.8) is 0 Å². The van der Waals surface area contributed by atoms with Crippen LogP contribution in [-0.4, -0.2) is 17.0 Å². The van der Waals surface area contributed by atoms with Gasteiger partial charge in [0.15, 0.2) is 0 Å². The smallest absolute Gasteiger partial charge is 0.411 e. The molecule has 1 aliphatic heterocycles. The molecule has 1 aliphatic rings. The van der Waals surface area contributed by atoms with E-state index >= 15 is 0 Å². The molecule has 3 nitrogen and oxygen atoms in total. The quantitative estimate of drug-likeness (QED) is 0.847. The molecule has 1 heterocycles. The molecule has 0 radical (unpaired) electrons. The summed E-state index contributed by atoms with van der Waals surface area (Å²) in [5.41, 5.74) is 2.16. The summed E-state index contributed by atoms with van der Waals surface area (Å²) >= 11 is 0. The van der Waals surface area contributed by atoms with Gasteiger partial charge < -0.3 is 4.74 Å². The number of amides is 1. The van der Waals surface area contributed by atoms with E-state index in [1.165, 1.54) is 0 Å². The molecule has 3 rings (SSSR count). The fraction of sp³-hybridized carbons (Fsp3) is 0.235. The molecule has 2 atom stereocenters. The summed E-state index contributed by atoms with van der Waals surface area (Å²) in [5, 5.41) is 0. The molecule has 1 saturated heterocycles. The third-order valence-electron chi connectivity index (χ3n) is 3.72. The van der Waals surface area contributed by atoms with Gasteiger partial charge in [-0.05, 0) is 18.1 Å². The molecule has 1 amide bonds. The van der Waals surface area contributed by atoms with Crippen LogP contribution in [0.25, 0.3) is 0 Å². The predicted molar refractivity (Wildman–Crippen MR) is 77.1 cm³/mol. The molecule has 0 saturated carbocycles. The van der Waals surface area contributed by atoms with Gasteiger partial charge in [0.25, 0.3) is 0 Å². The first kappa shape index (κ1) is 12.7. The highest BCUT2D eigenvalue weighted by molar-refractivity contribution is 5.71. The highest BCUT2D eigenvalue weighted by Crippen LogP contribution is 2.33. The summed E-state index contributed by atoms with van der Waals surface area (Å²) in [6.07, 6.45) is -0.428. The first-order chi connectivity index (χ1) is 9.75. The molecule has 0 aliphatic carbocycles. The minimum atomic E-state index is -0.241. The molecule has 0 N–H and O–H groups in total. The lowest BCUT2D eigenvalue weighted by Crippen LogP contribution is -2.31. The molecular weight excluding hydrogens is 250 g/mol. The zero-order valence-electron chi connectivity index (χ0n) is 11.4. The second-order valence-electron chi connectivity index (χ2n) is 5.07. The highest BCUT2D eigenvalue weighted by atomic mass is 16.6. The molecule has 3 heteroatoms. The van der Waals surface area contributed by atoms with Crippen LogP contribution in [0.1, 0.15) is 24.2 Å². The fourth-order valence-corrected chi connectivity index (χ4v) is 2.58. The minimum absolute atomic E-state index is 0.0325. The molecule has 0 bridgehead atoms. The van der Waals surface area contributed by atoms with Gasteiger partial charge in [-0.3, -0.25) is 4.90 Å². The third kappa shape index (κ3) is 2.39. The van der Waals surface area contributed by atoms with Gasteiger partial charge >= 0.3 is 6.09 Å². The Labute approximate surface area is 118 Å². The Hall–Kier alpha value is -2.29. The second kappa shape index (κ2) is 5.37. The number of nitrogens with zero attached hydrogens (tertiary/aromatic N) is 1. The Morgan fingerprint density at radius 1 is 1.00 bits per heavy atom. The Bertz CT molecular complexity index is 582. The molecule has 102 valence electrons. The van der Waals surface area contributed by atoms with Crippen LogP contribution in [0.15, 0.2) is 60.7 Å². The molecule has 20 heavy (non-hydrogen) atoms. The van der Waals surface area contributed by atoms with E-state index in [1.54, 1.807) is 4.90 Å². The van der Waals surface area contributed by atoms with Crippen molar-refractivity contribution in [2.45, 2.75) is 25.6 Å². The molecule has 2 aromatic carbocycles. The van der Waals surface area contributed by atoms with E-state index in [-0.39, 0.29) is 18.2 Å². The summed E-state index contributed by atoms with van der Waals surface area (Å²) < 4.78 is 5.53. The molecule has 0 aromatic heterocycles. The van der Waals surface area contributed by atoms with Gasteiger partial charge in [0.2, 0.25) is 0 Å². The van der Waals surface area contributed by atoms with Crippen LogP contribution in [0, 0.1) is 0 Å². The Morgan fingerprint density at radius 2 is 1.60 bits per heavy atom. The van der Waals surface area contributed by atoms with Gasteiger partial charge in [-0.2, -0.15) is 0 Å². The molecule has 0 unspecified atom stereocenters.